The van der Waals surface area contributed by atoms with Gasteiger partial charge in [-0.25, -0.2) is 19.0 Å². The van der Waals surface area contributed by atoms with E-state index in [4.69, 9.17) is 14.2 Å². The van der Waals surface area contributed by atoms with Crippen LogP contribution in [-0.2, 0) is 35.2 Å². The second-order valence-corrected chi connectivity index (χ2v) is 11.7. The second kappa shape index (κ2) is 15.3. The summed E-state index contributed by atoms with van der Waals surface area (Å²) in [5.41, 5.74) is -0.926. The van der Waals surface area contributed by atoms with Crippen LogP contribution in [0.4, 0.5) is 15.0 Å². The Balaban J connectivity index is 1.78. The minimum atomic E-state index is -1.45. The number of amides is 3. The lowest BCUT2D eigenvalue weighted by molar-refractivity contribution is -0.145. The fourth-order valence-corrected chi connectivity index (χ4v) is 4.06. The number of halogens is 1. The molecule has 12 nitrogen and oxygen atoms in total. The lowest BCUT2D eigenvalue weighted by atomic mass is 10.0. The number of alkyl carbamates (subject to hydrolysis) is 1. The first kappa shape index (κ1) is 34.7. The maximum Gasteiger partial charge on any atom is 0.408 e. The first-order valence-electron chi connectivity index (χ1n) is 14.4. The molecule has 0 fully saturated rings. The number of hydrogen-bond donors (Lipinski definition) is 3. The summed E-state index contributed by atoms with van der Waals surface area (Å²) in [7, 11) is 0. The number of esters is 1. The first-order chi connectivity index (χ1) is 21.2. The fraction of sp³-hybridized carbons (Fsp3) is 0.406. The number of hydrogen-bond acceptors (Lipinski definition) is 8. The van der Waals surface area contributed by atoms with Gasteiger partial charge in [0.15, 0.2) is 11.9 Å². The van der Waals surface area contributed by atoms with Crippen LogP contribution in [0.25, 0.3) is 0 Å². The molecule has 0 aliphatic heterocycles. The van der Waals surface area contributed by atoms with E-state index >= 15 is 0 Å². The quantitative estimate of drug-likeness (QED) is 0.240. The molecule has 2 aromatic carbocycles. The molecule has 13 heteroatoms. The van der Waals surface area contributed by atoms with Crippen LogP contribution >= 0.6 is 0 Å². The van der Waals surface area contributed by atoms with Crippen molar-refractivity contribution < 1.29 is 37.8 Å². The molecule has 3 rings (SSSR count). The number of aromatic nitrogens is 2. The predicted molar refractivity (Wildman–Crippen MR) is 164 cm³/mol. The zero-order valence-corrected chi connectivity index (χ0v) is 26.3. The van der Waals surface area contributed by atoms with Gasteiger partial charge in [0.1, 0.15) is 23.0 Å². The number of ether oxygens (including phenoxy) is 3. The van der Waals surface area contributed by atoms with Crippen molar-refractivity contribution in [2.75, 3.05) is 18.5 Å². The van der Waals surface area contributed by atoms with Crippen molar-refractivity contribution in [3.63, 3.8) is 0 Å². The zero-order valence-electron chi connectivity index (χ0n) is 26.3. The highest BCUT2D eigenvalue weighted by Crippen LogP contribution is 2.22. The van der Waals surface area contributed by atoms with Gasteiger partial charge in [0.2, 0.25) is 5.91 Å². The molecule has 45 heavy (non-hydrogen) atoms. The van der Waals surface area contributed by atoms with E-state index in [9.17, 15) is 23.6 Å². The molecule has 3 N–H and O–H groups in total. The number of carbonyl (C=O) groups is 4. The molecule has 242 valence electrons. The molecular formula is C32H40FN5O7. The van der Waals surface area contributed by atoms with Crippen molar-refractivity contribution in [1.29, 1.82) is 0 Å². The SMILES string of the molecule is CCOC(=O)C(c1ccc(F)cc1)n1cnc(NC(=O)C(COCc2ccccc2)NC(=O)C(C)(C)NC(=O)OC(C)(C)C)c1. The van der Waals surface area contributed by atoms with Crippen molar-refractivity contribution in [3.8, 4) is 0 Å². The summed E-state index contributed by atoms with van der Waals surface area (Å²) in [6.07, 6.45) is 1.95. The number of benzene rings is 2. The van der Waals surface area contributed by atoms with Gasteiger partial charge in [-0.15, -0.1) is 0 Å². The third-order valence-corrected chi connectivity index (χ3v) is 6.25. The van der Waals surface area contributed by atoms with E-state index in [2.05, 4.69) is 20.9 Å². The molecule has 0 aliphatic carbocycles. The number of carbonyl (C=O) groups excluding carboxylic acids is 4. The van der Waals surface area contributed by atoms with Crippen LogP contribution in [0.2, 0.25) is 0 Å². The van der Waals surface area contributed by atoms with Crippen LogP contribution in [0.1, 0.15) is 58.7 Å². The maximum atomic E-state index is 13.6. The van der Waals surface area contributed by atoms with Crippen LogP contribution in [0.3, 0.4) is 0 Å². The number of rotatable bonds is 13. The van der Waals surface area contributed by atoms with Gasteiger partial charge in [0.25, 0.3) is 5.91 Å². The number of anilines is 1. The van der Waals surface area contributed by atoms with Gasteiger partial charge in [0, 0.05) is 6.20 Å². The standard InChI is InChI=1S/C32H40FN5O7/c1-7-44-28(40)26(22-13-15-23(33)16-14-22)38-17-25(34-20-38)36-27(39)24(19-43-18-21-11-9-8-10-12-21)35-29(41)32(5,6)37-30(42)45-31(2,3)4/h8-17,20,24,26H,7,18-19H2,1-6H3,(H,35,41)(H,36,39)(H,37,42). The van der Waals surface area contributed by atoms with Gasteiger partial charge >= 0.3 is 12.1 Å². The van der Waals surface area contributed by atoms with E-state index in [1.807, 2.05) is 30.3 Å². The van der Waals surface area contributed by atoms with E-state index in [1.165, 1.54) is 55.2 Å². The third kappa shape index (κ3) is 10.7. The number of nitrogens with zero attached hydrogens (tertiary/aromatic N) is 2. The zero-order chi connectivity index (χ0) is 33.2. The normalized spacial score (nSPS) is 12.9. The highest BCUT2D eigenvalue weighted by atomic mass is 19.1. The topological polar surface area (TPSA) is 150 Å². The molecule has 3 amide bonds. The van der Waals surface area contributed by atoms with Crippen molar-refractivity contribution in [2.24, 2.45) is 0 Å². The lowest BCUT2D eigenvalue weighted by Gasteiger charge is -2.29. The van der Waals surface area contributed by atoms with Crippen LogP contribution in [-0.4, -0.2) is 63.8 Å². The van der Waals surface area contributed by atoms with E-state index in [0.29, 0.717) is 5.56 Å². The van der Waals surface area contributed by atoms with Crippen LogP contribution in [0.15, 0.2) is 67.1 Å². The Morgan fingerprint density at radius 1 is 0.978 bits per heavy atom. The summed E-state index contributed by atoms with van der Waals surface area (Å²) in [5.74, 6) is -2.32. The van der Waals surface area contributed by atoms with Crippen molar-refractivity contribution in [1.82, 2.24) is 20.2 Å². The summed E-state index contributed by atoms with van der Waals surface area (Å²) < 4.78 is 31.2. The number of imidazole rings is 1. The highest BCUT2D eigenvalue weighted by Gasteiger charge is 2.35. The van der Waals surface area contributed by atoms with Gasteiger partial charge < -0.3 is 34.7 Å². The van der Waals surface area contributed by atoms with Crippen LogP contribution < -0.4 is 16.0 Å². The Bertz CT molecular complexity index is 1450. The molecule has 1 aromatic heterocycles. The molecule has 0 saturated carbocycles. The number of nitrogens with one attached hydrogen (secondary N) is 3. The summed E-state index contributed by atoms with van der Waals surface area (Å²) in [4.78, 5) is 56.1. The summed E-state index contributed by atoms with van der Waals surface area (Å²) in [6, 6.07) is 12.4. The fourth-order valence-electron chi connectivity index (χ4n) is 4.06. The molecule has 3 aromatic rings. The van der Waals surface area contributed by atoms with E-state index in [0.717, 1.165) is 5.56 Å². The van der Waals surface area contributed by atoms with E-state index in [1.54, 1.807) is 27.7 Å². The summed E-state index contributed by atoms with van der Waals surface area (Å²) in [5, 5.41) is 7.79. The molecule has 0 saturated heterocycles. The van der Waals surface area contributed by atoms with Crippen LogP contribution in [0.5, 0.6) is 0 Å². The molecule has 0 bridgehead atoms. The minimum Gasteiger partial charge on any atom is -0.464 e. The highest BCUT2D eigenvalue weighted by molar-refractivity contribution is 5.98. The molecule has 0 aliphatic rings. The minimum absolute atomic E-state index is 0.0739. The Morgan fingerprint density at radius 2 is 1.64 bits per heavy atom. The Kier molecular flexibility index (Phi) is 11.8. The average Bonchev–Trinajstić information content (AvgIpc) is 3.40. The lowest BCUT2D eigenvalue weighted by Crippen LogP contribution is -2.59. The summed E-state index contributed by atoms with van der Waals surface area (Å²) in [6.45, 7) is 9.78. The monoisotopic (exact) mass is 625 g/mol. The van der Waals surface area contributed by atoms with E-state index < -0.39 is 52.9 Å². The van der Waals surface area contributed by atoms with Gasteiger partial charge in [-0.3, -0.25) is 9.59 Å². The Labute approximate surface area is 261 Å². The smallest absolute Gasteiger partial charge is 0.408 e. The van der Waals surface area contributed by atoms with E-state index in [-0.39, 0.29) is 25.6 Å². The molecular weight excluding hydrogens is 585 g/mol. The summed E-state index contributed by atoms with van der Waals surface area (Å²) >= 11 is 0. The third-order valence-electron chi connectivity index (χ3n) is 6.25. The van der Waals surface area contributed by atoms with Crippen molar-refractivity contribution in [3.05, 3.63) is 84.1 Å². The second-order valence-electron chi connectivity index (χ2n) is 11.7. The molecule has 2 unspecified atom stereocenters. The van der Waals surface area contributed by atoms with Gasteiger partial charge in [-0.2, -0.15) is 0 Å². The molecule has 2 atom stereocenters. The first-order valence-corrected chi connectivity index (χ1v) is 14.4. The Morgan fingerprint density at radius 3 is 2.27 bits per heavy atom. The largest absolute Gasteiger partial charge is 0.464 e. The predicted octanol–water partition coefficient (Wildman–Crippen LogP) is 4.12. The van der Waals surface area contributed by atoms with Crippen molar-refractivity contribution in [2.45, 2.75) is 71.4 Å². The Hall–Kier alpha value is -4.78. The van der Waals surface area contributed by atoms with Crippen LogP contribution in [0, 0.1) is 5.82 Å². The van der Waals surface area contributed by atoms with Gasteiger partial charge in [0.05, 0.1) is 26.1 Å². The molecule has 1 heterocycles. The van der Waals surface area contributed by atoms with Gasteiger partial charge in [-0.1, -0.05) is 42.5 Å². The maximum absolute atomic E-state index is 13.6. The average molecular weight is 626 g/mol. The molecule has 0 radical (unpaired) electrons. The molecule has 0 spiro atoms. The van der Waals surface area contributed by atoms with Gasteiger partial charge in [-0.05, 0) is 64.8 Å². The van der Waals surface area contributed by atoms with Crippen molar-refractivity contribution >= 4 is 29.7 Å².